The van der Waals surface area contributed by atoms with Crippen molar-refractivity contribution in [1.29, 1.82) is 0 Å². The van der Waals surface area contributed by atoms with Crippen molar-refractivity contribution in [2.75, 3.05) is 0 Å². The third-order valence-electron chi connectivity index (χ3n) is 2.11. The Kier molecular flexibility index (Phi) is 3.69. The van der Waals surface area contributed by atoms with Gasteiger partial charge < -0.3 is 5.11 Å². The summed E-state index contributed by atoms with van der Waals surface area (Å²) < 4.78 is 0. The molecular weight excluding hydrogens is 244 g/mol. The van der Waals surface area contributed by atoms with E-state index in [1.165, 1.54) is 6.07 Å². The van der Waals surface area contributed by atoms with Gasteiger partial charge in [-0.1, -0.05) is 35.0 Å². The number of phenolic OH excluding ortho intramolecular Hbond substituents is 1. The zero-order chi connectivity index (χ0) is 10.7. The van der Waals surface area contributed by atoms with Gasteiger partial charge in [0.25, 0.3) is 0 Å². The normalized spacial score (nSPS) is 12.5. The van der Waals surface area contributed by atoms with Gasteiger partial charge in [0.05, 0.1) is 4.83 Å². The molecule has 0 fully saturated rings. The van der Waals surface area contributed by atoms with Crippen LogP contribution in [0.2, 0.25) is 0 Å². The third-order valence-corrected chi connectivity index (χ3v) is 2.53. The first kappa shape index (κ1) is 11.2. The van der Waals surface area contributed by atoms with Crippen LogP contribution < -0.4 is 0 Å². The van der Waals surface area contributed by atoms with E-state index in [2.05, 4.69) is 15.9 Å². The van der Waals surface area contributed by atoms with Crippen LogP contribution in [-0.4, -0.2) is 15.7 Å². The molecule has 1 rings (SSSR count). The lowest BCUT2D eigenvalue weighted by Gasteiger charge is -2.06. The number of benzene rings is 1. The number of carbonyl (C=O) groups is 1. The monoisotopic (exact) mass is 256 g/mol. The van der Waals surface area contributed by atoms with Crippen LogP contribution in [0.5, 0.6) is 5.75 Å². The van der Waals surface area contributed by atoms with E-state index in [0.717, 1.165) is 12.0 Å². The van der Waals surface area contributed by atoms with Crippen molar-refractivity contribution >= 4 is 21.7 Å². The van der Waals surface area contributed by atoms with Crippen LogP contribution in [0, 0.1) is 0 Å². The number of hydrogen-bond donors (Lipinski definition) is 1. The topological polar surface area (TPSA) is 37.3 Å². The number of alkyl halides is 1. The van der Waals surface area contributed by atoms with E-state index in [0.29, 0.717) is 5.56 Å². The molecule has 1 aromatic carbocycles. The highest BCUT2D eigenvalue weighted by atomic mass is 79.9. The molecule has 0 aliphatic rings. The predicted octanol–water partition coefficient (Wildman–Crippen LogP) is 2.92. The van der Waals surface area contributed by atoms with Gasteiger partial charge in [-0.05, 0) is 25.0 Å². The standard InChI is InChI=1S/C11H13BrO2/c1-3-8-4-5-9(6-10(8)13)11(14)7(2)12/h4-7,13H,3H2,1-2H3. The molecule has 0 bridgehead atoms. The summed E-state index contributed by atoms with van der Waals surface area (Å²) in [6.07, 6.45) is 0.768. The summed E-state index contributed by atoms with van der Waals surface area (Å²) in [6, 6.07) is 5.06. The maximum absolute atomic E-state index is 11.5. The molecule has 0 heterocycles. The summed E-state index contributed by atoms with van der Waals surface area (Å²) in [5, 5.41) is 9.55. The van der Waals surface area contributed by atoms with Crippen LogP contribution in [0.3, 0.4) is 0 Å². The molecule has 0 radical (unpaired) electrons. The van der Waals surface area contributed by atoms with Crippen LogP contribution in [0.4, 0.5) is 0 Å². The van der Waals surface area contributed by atoms with Crippen molar-refractivity contribution < 1.29 is 9.90 Å². The summed E-state index contributed by atoms with van der Waals surface area (Å²) in [4.78, 5) is 11.3. The number of phenols is 1. The molecule has 0 saturated heterocycles. The molecule has 1 N–H and O–H groups in total. The van der Waals surface area contributed by atoms with Crippen LogP contribution in [0.1, 0.15) is 29.8 Å². The first-order valence-corrected chi connectivity index (χ1v) is 5.48. The highest BCUT2D eigenvalue weighted by molar-refractivity contribution is 9.10. The van der Waals surface area contributed by atoms with Gasteiger partial charge in [-0.3, -0.25) is 4.79 Å². The molecule has 0 aliphatic heterocycles. The Morgan fingerprint density at radius 2 is 2.21 bits per heavy atom. The minimum atomic E-state index is -0.214. The van der Waals surface area contributed by atoms with Crippen LogP contribution in [-0.2, 0) is 6.42 Å². The Morgan fingerprint density at radius 1 is 1.57 bits per heavy atom. The van der Waals surface area contributed by atoms with E-state index in [-0.39, 0.29) is 16.4 Å². The Hall–Kier alpha value is -0.830. The molecule has 0 saturated carbocycles. The third kappa shape index (κ3) is 2.35. The van der Waals surface area contributed by atoms with Crippen molar-refractivity contribution in [3.63, 3.8) is 0 Å². The van der Waals surface area contributed by atoms with Gasteiger partial charge in [0.15, 0.2) is 5.78 Å². The average Bonchev–Trinajstić information content (AvgIpc) is 2.16. The van der Waals surface area contributed by atoms with Crippen molar-refractivity contribution in [3.05, 3.63) is 29.3 Å². The van der Waals surface area contributed by atoms with Gasteiger partial charge >= 0.3 is 0 Å². The first-order chi connectivity index (χ1) is 6.56. The predicted molar refractivity (Wildman–Crippen MR) is 60.2 cm³/mol. The summed E-state index contributed by atoms with van der Waals surface area (Å²) >= 11 is 3.21. The van der Waals surface area contributed by atoms with Crippen molar-refractivity contribution in [2.45, 2.75) is 25.1 Å². The highest BCUT2D eigenvalue weighted by Gasteiger charge is 2.13. The largest absolute Gasteiger partial charge is 0.508 e. The number of carbonyl (C=O) groups excluding carboxylic acids is 1. The fourth-order valence-corrected chi connectivity index (χ4v) is 1.51. The van der Waals surface area contributed by atoms with Gasteiger partial charge in [0.2, 0.25) is 0 Å². The zero-order valence-electron chi connectivity index (χ0n) is 8.25. The smallest absolute Gasteiger partial charge is 0.176 e. The summed E-state index contributed by atoms with van der Waals surface area (Å²) in [5.41, 5.74) is 1.41. The van der Waals surface area contributed by atoms with Gasteiger partial charge in [0.1, 0.15) is 5.75 Å². The maximum atomic E-state index is 11.5. The fourth-order valence-electron chi connectivity index (χ4n) is 1.25. The minimum absolute atomic E-state index is 0.0112. The summed E-state index contributed by atoms with van der Waals surface area (Å²) in [7, 11) is 0. The molecule has 1 atom stereocenters. The van der Waals surface area contributed by atoms with Gasteiger partial charge in [0, 0.05) is 5.56 Å². The van der Waals surface area contributed by atoms with Crippen molar-refractivity contribution in [3.8, 4) is 5.75 Å². The van der Waals surface area contributed by atoms with Crippen LogP contribution in [0.15, 0.2) is 18.2 Å². The Bertz CT molecular complexity index is 345. The number of halogens is 1. The van der Waals surface area contributed by atoms with Crippen LogP contribution >= 0.6 is 15.9 Å². The van der Waals surface area contributed by atoms with E-state index in [1.807, 2.05) is 6.92 Å². The summed E-state index contributed by atoms with van der Waals surface area (Å²) in [6.45, 7) is 3.73. The average molecular weight is 257 g/mol. The molecule has 14 heavy (non-hydrogen) atoms. The SMILES string of the molecule is CCc1ccc(C(=O)C(C)Br)cc1O. The second-order valence-electron chi connectivity index (χ2n) is 3.18. The number of rotatable bonds is 3. The van der Waals surface area contributed by atoms with Crippen molar-refractivity contribution in [2.24, 2.45) is 0 Å². The summed E-state index contributed by atoms with van der Waals surface area (Å²) in [5.74, 6) is 0.189. The van der Waals surface area contributed by atoms with E-state index in [1.54, 1.807) is 19.1 Å². The molecule has 0 aromatic heterocycles. The van der Waals surface area contributed by atoms with Crippen molar-refractivity contribution in [1.82, 2.24) is 0 Å². The molecule has 3 heteroatoms. The number of aryl methyl sites for hydroxylation is 1. The minimum Gasteiger partial charge on any atom is -0.508 e. The number of hydrogen-bond acceptors (Lipinski definition) is 2. The van der Waals surface area contributed by atoms with Gasteiger partial charge in [-0.25, -0.2) is 0 Å². The number of Topliss-reactive ketones (excluding diaryl/α,β-unsaturated/α-hetero) is 1. The molecular formula is C11H13BrO2. The lowest BCUT2D eigenvalue weighted by Crippen LogP contribution is -2.09. The van der Waals surface area contributed by atoms with Gasteiger partial charge in [-0.15, -0.1) is 0 Å². The fraction of sp³-hybridized carbons (Fsp3) is 0.364. The Balaban J connectivity index is 3.03. The molecule has 1 unspecified atom stereocenters. The molecule has 1 aromatic rings. The molecule has 0 aliphatic carbocycles. The maximum Gasteiger partial charge on any atom is 0.176 e. The Labute approximate surface area is 92.1 Å². The number of aromatic hydroxyl groups is 1. The Morgan fingerprint density at radius 3 is 2.64 bits per heavy atom. The highest BCUT2D eigenvalue weighted by Crippen LogP contribution is 2.21. The van der Waals surface area contributed by atoms with E-state index >= 15 is 0 Å². The molecule has 76 valence electrons. The molecule has 2 nitrogen and oxygen atoms in total. The molecule has 0 amide bonds. The number of ketones is 1. The van der Waals surface area contributed by atoms with E-state index in [4.69, 9.17) is 0 Å². The first-order valence-electron chi connectivity index (χ1n) is 4.56. The second kappa shape index (κ2) is 4.60. The quantitative estimate of drug-likeness (QED) is 0.667. The second-order valence-corrected chi connectivity index (χ2v) is 4.55. The van der Waals surface area contributed by atoms with Crippen LogP contribution in [0.25, 0.3) is 0 Å². The zero-order valence-corrected chi connectivity index (χ0v) is 9.84. The van der Waals surface area contributed by atoms with E-state index in [9.17, 15) is 9.90 Å². The lowest BCUT2D eigenvalue weighted by molar-refractivity contribution is 0.0995. The van der Waals surface area contributed by atoms with Gasteiger partial charge in [-0.2, -0.15) is 0 Å². The van der Waals surface area contributed by atoms with E-state index < -0.39 is 0 Å². The lowest BCUT2D eigenvalue weighted by atomic mass is 10.0. The molecule has 0 spiro atoms.